The summed E-state index contributed by atoms with van der Waals surface area (Å²) in [5, 5.41) is 0. The minimum atomic E-state index is 0.255. The molecule has 0 aromatic carbocycles. The molecule has 0 spiro atoms. The van der Waals surface area contributed by atoms with E-state index >= 15 is 0 Å². The van der Waals surface area contributed by atoms with Crippen LogP contribution in [0.3, 0.4) is 0 Å². The van der Waals surface area contributed by atoms with Crippen LogP contribution in [-0.4, -0.2) is 5.78 Å². The van der Waals surface area contributed by atoms with Crippen molar-refractivity contribution in [1.82, 2.24) is 0 Å². The lowest BCUT2D eigenvalue weighted by molar-refractivity contribution is -0.124. The van der Waals surface area contributed by atoms with Gasteiger partial charge >= 0.3 is 0 Å². The lowest BCUT2D eigenvalue weighted by atomic mass is 9.82. The first-order chi connectivity index (χ1) is 7.70. The van der Waals surface area contributed by atoms with Gasteiger partial charge in [0, 0.05) is 11.8 Å². The van der Waals surface area contributed by atoms with Crippen LogP contribution in [0.15, 0.2) is 12.2 Å². The zero-order chi connectivity index (χ0) is 11.0. The topological polar surface area (TPSA) is 17.1 Å². The van der Waals surface area contributed by atoms with Crippen molar-refractivity contribution in [2.24, 2.45) is 47.3 Å². The van der Waals surface area contributed by atoms with Crippen molar-refractivity contribution in [3.63, 3.8) is 0 Å². The van der Waals surface area contributed by atoms with Crippen LogP contribution in [0.2, 0.25) is 0 Å². The molecule has 0 radical (unpaired) electrons. The van der Waals surface area contributed by atoms with E-state index in [1.54, 1.807) is 0 Å². The van der Waals surface area contributed by atoms with Crippen molar-refractivity contribution in [2.45, 2.75) is 26.7 Å². The predicted octanol–water partition coefficient (Wildman–Crippen LogP) is 2.92. The molecule has 0 aromatic heterocycles. The van der Waals surface area contributed by atoms with Crippen LogP contribution in [0, 0.1) is 47.3 Å². The van der Waals surface area contributed by atoms with Gasteiger partial charge in [-0.15, -0.1) is 0 Å². The Balaban J connectivity index is 1.60. The summed E-state index contributed by atoms with van der Waals surface area (Å²) < 4.78 is 0. The Hall–Kier alpha value is -0.590. The summed E-state index contributed by atoms with van der Waals surface area (Å²) in [6.45, 7) is 4.14. The number of carbonyl (C=O) groups excluding carboxylic acids is 1. The zero-order valence-electron chi connectivity index (χ0n) is 10.1. The average Bonchev–Trinajstić information content (AvgIpc) is 2.67. The molecule has 2 bridgehead atoms. The Bertz CT molecular complexity index is 381. The summed E-state index contributed by atoms with van der Waals surface area (Å²) in [4.78, 5) is 12.1. The van der Waals surface area contributed by atoms with Crippen LogP contribution in [0.25, 0.3) is 0 Å². The van der Waals surface area contributed by atoms with Crippen molar-refractivity contribution in [2.75, 3.05) is 0 Å². The summed E-state index contributed by atoms with van der Waals surface area (Å²) in [5.41, 5.74) is 0. The number of ketones is 1. The first kappa shape index (κ1) is 9.44. The van der Waals surface area contributed by atoms with Crippen LogP contribution < -0.4 is 0 Å². The van der Waals surface area contributed by atoms with E-state index in [2.05, 4.69) is 26.0 Å². The van der Waals surface area contributed by atoms with E-state index in [1.165, 1.54) is 12.8 Å². The fourth-order valence-corrected chi connectivity index (χ4v) is 5.34. The standard InChI is InChI=1S/C15H20O/c1-7(2)15(16)14-12-10-6-11(13(12)14)9-5-3-4-8(9)10/h3-4,7-14H,5-6H2,1-2H3/t8-,9+,10+,11-,12+,13-,14-/m1/s1. The molecule has 1 nitrogen and oxygen atoms in total. The third-order valence-corrected chi connectivity index (χ3v) is 5.87. The van der Waals surface area contributed by atoms with Crippen LogP contribution in [0.5, 0.6) is 0 Å². The molecule has 86 valence electrons. The summed E-state index contributed by atoms with van der Waals surface area (Å²) in [6.07, 6.45) is 7.59. The van der Waals surface area contributed by atoms with Gasteiger partial charge in [0.15, 0.2) is 0 Å². The molecular weight excluding hydrogens is 196 g/mol. The number of Topliss-reactive ketones (excluding diaryl/α,β-unsaturated/α-hetero) is 1. The summed E-state index contributed by atoms with van der Waals surface area (Å²) >= 11 is 0. The van der Waals surface area contributed by atoms with Gasteiger partial charge in [-0.3, -0.25) is 4.79 Å². The number of carbonyl (C=O) groups is 1. The summed E-state index contributed by atoms with van der Waals surface area (Å²) in [5.74, 6) is 6.47. The highest BCUT2D eigenvalue weighted by Crippen LogP contribution is 2.74. The Morgan fingerprint density at radius 3 is 2.69 bits per heavy atom. The number of fused-ring (bicyclic) bond motifs is 8. The van der Waals surface area contributed by atoms with Crippen LogP contribution in [-0.2, 0) is 4.79 Å². The third-order valence-electron chi connectivity index (χ3n) is 5.87. The Morgan fingerprint density at radius 1 is 1.19 bits per heavy atom. The van der Waals surface area contributed by atoms with Crippen molar-refractivity contribution < 1.29 is 4.79 Å². The van der Waals surface area contributed by atoms with E-state index in [-0.39, 0.29) is 5.92 Å². The normalized spacial score (nSPS) is 55.6. The maximum Gasteiger partial charge on any atom is 0.139 e. The number of allylic oxidation sites excluding steroid dienone is 2. The predicted molar refractivity (Wildman–Crippen MR) is 62.6 cm³/mol. The number of hydrogen-bond acceptors (Lipinski definition) is 1. The van der Waals surface area contributed by atoms with Crippen LogP contribution >= 0.6 is 0 Å². The van der Waals surface area contributed by atoms with Crippen LogP contribution in [0.4, 0.5) is 0 Å². The summed E-state index contributed by atoms with van der Waals surface area (Å²) in [7, 11) is 0. The second-order valence-electron chi connectivity index (χ2n) is 6.71. The van der Waals surface area contributed by atoms with E-state index in [9.17, 15) is 4.79 Å². The Kier molecular flexibility index (Phi) is 1.65. The van der Waals surface area contributed by atoms with Gasteiger partial charge in [0.1, 0.15) is 5.78 Å². The molecule has 0 heterocycles. The molecule has 4 aliphatic rings. The first-order valence-corrected chi connectivity index (χ1v) is 6.90. The third kappa shape index (κ3) is 0.919. The molecule has 0 amide bonds. The van der Waals surface area contributed by atoms with Crippen molar-refractivity contribution in [3.05, 3.63) is 12.2 Å². The molecule has 4 rings (SSSR count). The molecule has 3 saturated carbocycles. The van der Waals surface area contributed by atoms with E-state index < -0.39 is 0 Å². The smallest absolute Gasteiger partial charge is 0.139 e. The summed E-state index contributed by atoms with van der Waals surface area (Å²) in [6, 6.07) is 0. The molecule has 4 aliphatic carbocycles. The Labute approximate surface area is 97.3 Å². The van der Waals surface area contributed by atoms with Gasteiger partial charge in [-0.1, -0.05) is 26.0 Å². The highest BCUT2D eigenvalue weighted by Gasteiger charge is 2.72. The maximum absolute atomic E-state index is 12.1. The molecule has 0 aliphatic heterocycles. The lowest BCUT2D eigenvalue weighted by Gasteiger charge is -2.22. The highest BCUT2D eigenvalue weighted by molar-refractivity contribution is 5.86. The quantitative estimate of drug-likeness (QED) is 0.649. The molecule has 7 atom stereocenters. The first-order valence-electron chi connectivity index (χ1n) is 6.90. The molecule has 0 unspecified atom stereocenters. The highest BCUT2D eigenvalue weighted by atomic mass is 16.1. The van der Waals surface area contributed by atoms with Gasteiger partial charge in [0.25, 0.3) is 0 Å². The monoisotopic (exact) mass is 216 g/mol. The number of hydrogen-bond donors (Lipinski definition) is 0. The van der Waals surface area contributed by atoms with Crippen LogP contribution in [0.1, 0.15) is 26.7 Å². The van der Waals surface area contributed by atoms with Crippen molar-refractivity contribution in [3.8, 4) is 0 Å². The van der Waals surface area contributed by atoms with Gasteiger partial charge in [-0.25, -0.2) is 0 Å². The molecular formula is C15H20O. The van der Waals surface area contributed by atoms with Gasteiger partial charge in [0.05, 0.1) is 0 Å². The van der Waals surface area contributed by atoms with E-state index in [0.29, 0.717) is 11.7 Å². The van der Waals surface area contributed by atoms with Gasteiger partial charge in [0.2, 0.25) is 0 Å². The van der Waals surface area contributed by atoms with Crippen molar-refractivity contribution in [1.29, 1.82) is 0 Å². The van der Waals surface area contributed by atoms with Gasteiger partial charge in [-0.2, -0.15) is 0 Å². The molecule has 3 fully saturated rings. The second kappa shape index (κ2) is 2.80. The molecule has 0 N–H and O–H groups in total. The minimum Gasteiger partial charge on any atom is -0.299 e. The molecule has 1 heteroatoms. The molecule has 0 saturated heterocycles. The number of rotatable bonds is 2. The SMILES string of the molecule is CC(C)C(=O)[C@@H]1[C@H]2[C@H]3C[C@H]([C@H]4CC=C[C@H]43)[C@@H]12. The van der Waals surface area contributed by atoms with Crippen molar-refractivity contribution >= 4 is 5.78 Å². The zero-order valence-corrected chi connectivity index (χ0v) is 10.1. The molecule has 16 heavy (non-hydrogen) atoms. The molecule has 0 aromatic rings. The maximum atomic E-state index is 12.1. The lowest BCUT2D eigenvalue weighted by Crippen LogP contribution is -2.18. The Morgan fingerprint density at radius 2 is 1.94 bits per heavy atom. The van der Waals surface area contributed by atoms with Gasteiger partial charge in [-0.05, 0) is 48.3 Å². The average molecular weight is 216 g/mol. The minimum absolute atomic E-state index is 0.255. The largest absolute Gasteiger partial charge is 0.299 e. The second-order valence-corrected chi connectivity index (χ2v) is 6.71. The van der Waals surface area contributed by atoms with E-state index in [4.69, 9.17) is 0 Å². The fraction of sp³-hybridized carbons (Fsp3) is 0.800. The fourth-order valence-electron chi connectivity index (χ4n) is 5.34. The van der Waals surface area contributed by atoms with E-state index in [0.717, 1.165) is 35.5 Å². The van der Waals surface area contributed by atoms with Gasteiger partial charge < -0.3 is 0 Å². The van der Waals surface area contributed by atoms with E-state index in [1.807, 2.05) is 0 Å².